The zero-order valence-electron chi connectivity index (χ0n) is 13.8. The van der Waals surface area contributed by atoms with Gasteiger partial charge in [0.1, 0.15) is 0 Å². The molecule has 0 aromatic carbocycles. The zero-order valence-corrected chi connectivity index (χ0v) is 14.6. The standard InChI is InChI=1S/C16H26ClN5O/c1-14-4-2-3-5-22(14)16(23)12-19-6-8-20(9-7-19)13-21-11-15(17)10-18-21/h10-11,14H,2-9,12-13H2,1H3. The van der Waals surface area contributed by atoms with Crippen LogP contribution in [0.25, 0.3) is 0 Å². The van der Waals surface area contributed by atoms with E-state index in [-0.39, 0.29) is 0 Å². The van der Waals surface area contributed by atoms with Gasteiger partial charge in [-0.1, -0.05) is 11.6 Å². The Morgan fingerprint density at radius 2 is 1.96 bits per heavy atom. The Kier molecular flexibility index (Phi) is 5.56. The second-order valence-corrected chi connectivity index (χ2v) is 7.10. The molecule has 7 heteroatoms. The molecule has 2 saturated heterocycles. The van der Waals surface area contributed by atoms with Crippen molar-refractivity contribution in [2.45, 2.75) is 38.9 Å². The van der Waals surface area contributed by atoms with E-state index in [1.54, 1.807) is 6.20 Å². The maximum absolute atomic E-state index is 12.5. The minimum absolute atomic E-state index is 0.296. The fourth-order valence-corrected chi connectivity index (χ4v) is 3.62. The van der Waals surface area contributed by atoms with Crippen LogP contribution in [0.1, 0.15) is 26.2 Å². The second kappa shape index (κ2) is 7.64. The lowest BCUT2D eigenvalue weighted by Gasteiger charge is -2.38. The number of hydrogen-bond donors (Lipinski definition) is 0. The number of rotatable bonds is 4. The minimum Gasteiger partial charge on any atom is -0.339 e. The maximum atomic E-state index is 12.5. The predicted octanol–water partition coefficient (Wildman–Crippen LogP) is 1.51. The van der Waals surface area contributed by atoms with Gasteiger partial charge in [-0.25, -0.2) is 0 Å². The van der Waals surface area contributed by atoms with Crippen LogP contribution >= 0.6 is 11.6 Å². The third kappa shape index (κ3) is 4.46. The summed E-state index contributed by atoms with van der Waals surface area (Å²) in [6.45, 7) is 8.21. The summed E-state index contributed by atoms with van der Waals surface area (Å²) < 4.78 is 1.86. The lowest BCUT2D eigenvalue weighted by molar-refractivity contribution is -0.136. The number of halogens is 1. The van der Waals surface area contributed by atoms with Gasteiger partial charge in [-0.05, 0) is 26.2 Å². The van der Waals surface area contributed by atoms with Gasteiger partial charge in [0.05, 0.1) is 24.4 Å². The van der Waals surface area contributed by atoms with E-state index < -0.39 is 0 Å². The molecule has 0 aliphatic carbocycles. The van der Waals surface area contributed by atoms with Crippen LogP contribution in [-0.4, -0.2) is 75.7 Å². The first-order valence-corrected chi connectivity index (χ1v) is 8.92. The van der Waals surface area contributed by atoms with Crippen LogP contribution in [0.3, 0.4) is 0 Å². The van der Waals surface area contributed by atoms with Gasteiger partial charge in [0.15, 0.2) is 0 Å². The molecule has 0 bridgehead atoms. The van der Waals surface area contributed by atoms with Crippen molar-refractivity contribution in [1.82, 2.24) is 24.5 Å². The largest absolute Gasteiger partial charge is 0.339 e. The van der Waals surface area contributed by atoms with Crippen LogP contribution in [0.5, 0.6) is 0 Å². The summed E-state index contributed by atoms with van der Waals surface area (Å²) >= 11 is 5.89. The van der Waals surface area contributed by atoms with Crippen molar-refractivity contribution in [1.29, 1.82) is 0 Å². The van der Waals surface area contributed by atoms with Crippen molar-refractivity contribution in [3.05, 3.63) is 17.4 Å². The molecule has 128 valence electrons. The van der Waals surface area contributed by atoms with Crippen molar-refractivity contribution >= 4 is 17.5 Å². The highest BCUT2D eigenvalue weighted by atomic mass is 35.5. The molecule has 1 amide bonds. The smallest absolute Gasteiger partial charge is 0.236 e. The molecule has 1 atom stereocenters. The van der Waals surface area contributed by atoms with E-state index in [1.807, 2.05) is 10.9 Å². The van der Waals surface area contributed by atoms with Gasteiger partial charge in [-0.2, -0.15) is 5.10 Å². The van der Waals surface area contributed by atoms with Crippen LogP contribution < -0.4 is 0 Å². The average Bonchev–Trinajstić information content (AvgIpc) is 2.95. The third-order valence-electron chi connectivity index (χ3n) is 4.89. The highest BCUT2D eigenvalue weighted by Crippen LogP contribution is 2.17. The molecule has 2 aliphatic heterocycles. The molecular formula is C16H26ClN5O. The van der Waals surface area contributed by atoms with Gasteiger partial charge in [-0.3, -0.25) is 19.3 Å². The highest BCUT2D eigenvalue weighted by molar-refractivity contribution is 6.30. The Morgan fingerprint density at radius 3 is 2.61 bits per heavy atom. The van der Waals surface area contributed by atoms with E-state index in [4.69, 9.17) is 11.6 Å². The van der Waals surface area contributed by atoms with Crippen molar-refractivity contribution in [2.24, 2.45) is 0 Å². The molecule has 0 radical (unpaired) electrons. The number of carbonyl (C=O) groups is 1. The zero-order chi connectivity index (χ0) is 16.2. The Balaban J connectivity index is 1.42. The van der Waals surface area contributed by atoms with Crippen LogP contribution in [0.2, 0.25) is 5.02 Å². The van der Waals surface area contributed by atoms with Gasteiger partial charge in [0, 0.05) is 45.0 Å². The van der Waals surface area contributed by atoms with Gasteiger partial charge >= 0.3 is 0 Å². The fraction of sp³-hybridized carbons (Fsp3) is 0.750. The number of aromatic nitrogens is 2. The topological polar surface area (TPSA) is 44.6 Å². The summed E-state index contributed by atoms with van der Waals surface area (Å²) in [6, 6.07) is 0.405. The number of carbonyl (C=O) groups excluding carboxylic acids is 1. The molecule has 0 spiro atoms. The fourth-order valence-electron chi connectivity index (χ4n) is 3.46. The number of piperazine rings is 1. The van der Waals surface area contributed by atoms with Gasteiger partial charge < -0.3 is 4.90 Å². The quantitative estimate of drug-likeness (QED) is 0.834. The van der Waals surface area contributed by atoms with E-state index in [0.717, 1.165) is 52.2 Å². The molecular weight excluding hydrogens is 314 g/mol. The average molecular weight is 340 g/mol. The normalized spacial score (nSPS) is 24.1. The Morgan fingerprint density at radius 1 is 1.22 bits per heavy atom. The summed E-state index contributed by atoms with van der Waals surface area (Å²) in [5, 5.41) is 4.89. The van der Waals surface area contributed by atoms with Gasteiger partial charge in [0.2, 0.25) is 5.91 Å². The van der Waals surface area contributed by atoms with Gasteiger partial charge in [-0.15, -0.1) is 0 Å². The van der Waals surface area contributed by atoms with E-state index in [0.29, 0.717) is 23.5 Å². The van der Waals surface area contributed by atoms with Crippen LogP contribution in [0.15, 0.2) is 12.4 Å². The second-order valence-electron chi connectivity index (χ2n) is 6.67. The Labute approximate surface area is 143 Å². The first-order valence-electron chi connectivity index (χ1n) is 8.54. The van der Waals surface area contributed by atoms with Crippen molar-refractivity contribution in [3.8, 4) is 0 Å². The summed E-state index contributed by atoms with van der Waals surface area (Å²) in [5.41, 5.74) is 0. The molecule has 1 aromatic rings. The Bertz CT molecular complexity index is 526. The maximum Gasteiger partial charge on any atom is 0.236 e. The molecule has 6 nitrogen and oxygen atoms in total. The molecule has 1 unspecified atom stereocenters. The summed E-state index contributed by atoms with van der Waals surface area (Å²) in [6.07, 6.45) is 7.05. The lowest BCUT2D eigenvalue weighted by atomic mass is 10.0. The number of amides is 1. The molecule has 23 heavy (non-hydrogen) atoms. The van der Waals surface area contributed by atoms with Crippen molar-refractivity contribution in [3.63, 3.8) is 0 Å². The summed E-state index contributed by atoms with van der Waals surface area (Å²) in [4.78, 5) is 19.2. The van der Waals surface area contributed by atoms with Crippen molar-refractivity contribution in [2.75, 3.05) is 39.3 Å². The summed E-state index contributed by atoms with van der Waals surface area (Å²) in [5.74, 6) is 0.296. The number of piperidine rings is 1. The lowest BCUT2D eigenvalue weighted by Crippen LogP contribution is -2.52. The first kappa shape index (κ1) is 16.7. The Hall–Kier alpha value is -1.11. The third-order valence-corrected chi connectivity index (χ3v) is 5.09. The first-order chi connectivity index (χ1) is 11.1. The summed E-state index contributed by atoms with van der Waals surface area (Å²) in [7, 11) is 0. The SMILES string of the molecule is CC1CCCCN1C(=O)CN1CCN(Cn2cc(Cl)cn2)CC1. The number of hydrogen-bond acceptors (Lipinski definition) is 4. The number of likely N-dealkylation sites (tertiary alicyclic amines) is 1. The van der Waals surface area contributed by atoms with Crippen LogP contribution in [-0.2, 0) is 11.5 Å². The molecule has 2 fully saturated rings. The monoisotopic (exact) mass is 339 g/mol. The highest BCUT2D eigenvalue weighted by Gasteiger charge is 2.26. The van der Waals surface area contributed by atoms with Crippen LogP contribution in [0.4, 0.5) is 0 Å². The van der Waals surface area contributed by atoms with Crippen LogP contribution in [0, 0.1) is 0 Å². The van der Waals surface area contributed by atoms with E-state index in [2.05, 4.69) is 26.7 Å². The molecule has 1 aromatic heterocycles. The van der Waals surface area contributed by atoms with E-state index in [9.17, 15) is 4.79 Å². The molecule has 3 heterocycles. The predicted molar refractivity (Wildman–Crippen MR) is 90.3 cm³/mol. The number of nitrogens with zero attached hydrogens (tertiary/aromatic N) is 5. The molecule has 3 rings (SSSR count). The molecule has 0 N–H and O–H groups in total. The van der Waals surface area contributed by atoms with E-state index >= 15 is 0 Å². The molecule has 2 aliphatic rings. The van der Waals surface area contributed by atoms with Crippen molar-refractivity contribution < 1.29 is 4.79 Å². The van der Waals surface area contributed by atoms with E-state index in [1.165, 1.54) is 6.42 Å². The molecule has 0 saturated carbocycles. The minimum atomic E-state index is 0.296. The van der Waals surface area contributed by atoms with Gasteiger partial charge in [0.25, 0.3) is 0 Å².